The van der Waals surface area contributed by atoms with E-state index in [0.717, 1.165) is 55.6 Å². The molecule has 2 aromatic heterocycles. The number of para-hydroxylation sites is 1. The lowest BCUT2D eigenvalue weighted by Crippen LogP contribution is -2.30. The minimum absolute atomic E-state index is 0.167. The summed E-state index contributed by atoms with van der Waals surface area (Å²) < 4.78 is 7.55. The van der Waals surface area contributed by atoms with Crippen LogP contribution in [0.2, 0.25) is 0 Å². The van der Waals surface area contributed by atoms with Crippen LogP contribution in [0.3, 0.4) is 0 Å². The molecule has 0 saturated heterocycles. The molecule has 0 bridgehead atoms. The van der Waals surface area contributed by atoms with Crippen molar-refractivity contribution in [1.82, 2.24) is 30.0 Å². The second-order valence-electron chi connectivity index (χ2n) is 7.76. The third-order valence-electron chi connectivity index (χ3n) is 5.61. The lowest BCUT2D eigenvalue weighted by molar-refractivity contribution is 0.0937. The lowest BCUT2D eigenvalue weighted by atomic mass is 10.2. The summed E-state index contributed by atoms with van der Waals surface area (Å²) in [6.07, 6.45) is 8.30. The van der Waals surface area contributed by atoms with E-state index < -0.39 is 0 Å². The van der Waals surface area contributed by atoms with E-state index in [1.165, 1.54) is 0 Å². The fourth-order valence-electron chi connectivity index (χ4n) is 3.87. The summed E-state index contributed by atoms with van der Waals surface area (Å²) in [5.74, 6) is 2.44. The van der Waals surface area contributed by atoms with E-state index in [2.05, 4.69) is 42.1 Å². The molecule has 1 aromatic carbocycles. The van der Waals surface area contributed by atoms with Crippen molar-refractivity contribution >= 4 is 12.0 Å². The molecule has 0 spiro atoms. The van der Waals surface area contributed by atoms with Gasteiger partial charge in [-0.05, 0) is 25.1 Å². The van der Waals surface area contributed by atoms with Crippen LogP contribution in [0.5, 0.6) is 5.75 Å². The van der Waals surface area contributed by atoms with Gasteiger partial charge in [0.2, 0.25) is 0 Å². The highest BCUT2D eigenvalue weighted by molar-refractivity contribution is 5.94. The standard InChI is InChI=1S/C24H28N6O2/c1-18(26-24(31)20-8-5-12-25-17-20)23-28-27-22-11-14-29(15-16-30(22)23)13-6-9-19-7-3-4-10-21(19)32-2/h3-10,12,17-18H,11,13-16H2,1-2H3,(H,26,31)/b9-6+/t18-/m1/s1. The van der Waals surface area contributed by atoms with Gasteiger partial charge in [-0.25, -0.2) is 0 Å². The number of fused-ring (bicyclic) bond motifs is 1. The Labute approximate surface area is 187 Å². The zero-order valence-corrected chi connectivity index (χ0v) is 18.4. The molecule has 4 rings (SSSR count). The molecule has 1 atom stereocenters. The molecule has 1 aliphatic heterocycles. The molecule has 8 nitrogen and oxygen atoms in total. The molecule has 3 heterocycles. The second kappa shape index (κ2) is 10.2. The number of aromatic nitrogens is 4. The van der Waals surface area contributed by atoms with E-state index in [9.17, 15) is 4.79 Å². The molecule has 0 fully saturated rings. The summed E-state index contributed by atoms with van der Waals surface area (Å²) in [5, 5.41) is 11.8. The molecule has 166 valence electrons. The van der Waals surface area contributed by atoms with Crippen molar-refractivity contribution in [2.45, 2.75) is 25.9 Å². The summed E-state index contributed by atoms with van der Waals surface area (Å²) in [6, 6.07) is 11.2. The van der Waals surface area contributed by atoms with Crippen LogP contribution in [0.4, 0.5) is 0 Å². The van der Waals surface area contributed by atoms with Crippen LogP contribution in [0.15, 0.2) is 54.9 Å². The van der Waals surface area contributed by atoms with Crippen molar-refractivity contribution in [1.29, 1.82) is 0 Å². The van der Waals surface area contributed by atoms with Crippen molar-refractivity contribution in [2.24, 2.45) is 0 Å². The number of rotatable bonds is 7. The average Bonchev–Trinajstić information content (AvgIpc) is 3.13. The van der Waals surface area contributed by atoms with E-state index >= 15 is 0 Å². The normalized spacial score (nSPS) is 15.2. The Morgan fingerprint density at radius 3 is 2.88 bits per heavy atom. The number of pyridine rings is 1. The van der Waals surface area contributed by atoms with Crippen LogP contribution >= 0.6 is 0 Å². The van der Waals surface area contributed by atoms with Gasteiger partial charge in [-0.2, -0.15) is 0 Å². The topological polar surface area (TPSA) is 85.2 Å². The van der Waals surface area contributed by atoms with Crippen LogP contribution in [0.25, 0.3) is 6.08 Å². The first-order valence-corrected chi connectivity index (χ1v) is 10.8. The minimum Gasteiger partial charge on any atom is -0.496 e. The van der Waals surface area contributed by atoms with Crippen LogP contribution in [-0.2, 0) is 13.0 Å². The number of nitrogens with one attached hydrogen (secondary N) is 1. The Balaban J connectivity index is 1.37. The Bertz CT molecular complexity index is 1080. The largest absolute Gasteiger partial charge is 0.496 e. The van der Waals surface area contributed by atoms with E-state index in [1.54, 1.807) is 31.6 Å². The van der Waals surface area contributed by atoms with Crippen LogP contribution in [0.1, 0.15) is 40.5 Å². The number of ether oxygens (including phenoxy) is 1. The Hall–Kier alpha value is -3.52. The molecule has 1 N–H and O–H groups in total. The summed E-state index contributed by atoms with van der Waals surface area (Å²) in [5.41, 5.74) is 1.60. The van der Waals surface area contributed by atoms with Gasteiger partial charge in [0.1, 0.15) is 11.6 Å². The Kier molecular flexibility index (Phi) is 6.91. The number of benzene rings is 1. The van der Waals surface area contributed by atoms with Gasteiger partial charge in [-0.15, -0.1) is 10.2 Å². The van der Waals surface area contributed by atoms with Gasteiger partial charge in [-0.1, -0.05) is 30.4 Å². The maximum absolute atomic E-state index is 12.5. The number of hydrogen-bond acceptors (Lipinski definition) is 6. The predicted octanol–water partition coefficient (Wildman–Crippen LogP) is 2.74. The molecule has 32 heavy (non-hydrogen) atoms. The molecule has 1 aliphatic rings. The third-order valence-corrected chi connectivity index (χ3v) is 5.61. The fourth-order valence-corrected chi connectivity index (χ4v) is 3.87. The van der Waals surface area contributed by atoms with Gasteiger partial charge in [0.25, 0.3) is 5.91 Å². The molecule has 1 amide bonds. The first kappa shape index (κ1) is 21.7. The number of methoxy groups -OCH3 is 1. The smallest absolute Gasteiger partial charge is 0.253 e. The summed E-state index contributed by atoms with van der Waals surface area (Å²) >= 11 is 0. The summed E-state index contributed by atoms with van der Waals surface area (Å²) in [7, 11) is 1.69. The zero-order valence-electron chi connectivity index (χ0n) is 18.4. The molecule has 0 saturated carbocycles. The van der Waals surface area contributed by atoms with Crippen molar-refractivity contribution in [3.8, 4) is 5.75 Å². The Morgan fingerprint density at radius 1 is 1.19 bits per heavy atom. The molecule has 0 unspecified atom stereocenters. The van der Waals surface area contributed by atoms with Crippen molar-refractivity contribution < 1.29 is 9.53 Å². The van der Waals surface area contributed by atoms with Gasteiger partial charge in [-0.3, -0.25) is 14.7 Å². The average molecular weight is 433 g/mol. The maximum atomic E-state index is 12.5. The minimum atomic E-state index is -0.249. The van der Waals surface area contributed by atoms with Gasteiger partial charge >= 0.3 is 0 Å². The highest BCUT2D eigenvalue weighted by atomic mass is 16.5. The number of nitrogens with zero attached hydrogens (tertiary/aromatic N) is 5. The molecule has 3 aromatic rings. The van der Waals surface area contributed by atoms with Crippen LogP contribution in [-0.4, -0.2) is 57.3 Å². The van der Waals surface area contributed by atoms with Crippen LogP contribution in [0, 0.1) is 0 Å². The third kappa shape index (κ3) is 5.03. The van der Waals surface area contributed by atoms with E-state index in [0.29, 0.717) is 5.56 Å². The van der Waals surface area contributed by atoms with Gasteiger partial charge in [0.15, 0.2) is 5.82 Å². The summed E-state index contributed by atoms with van der Waals surface area (Å²) in [4.78, 5) is 18.9. The van der Waals surface area contributed by atoms with Gasteiger partial charge in [0, 0.05) is 50.6 Å². The molecule has 8 heteroatoms. The lowest BCUT2D eigenvalue weighted by Gasteiger charge is -2.18. The fraction of sp³-hybridized carbons (Fsp3) is 0.333. The van der Waals surface area contributed by atoms with E-state index in [1.807, 2.05) is 31.2 Å². The summed E-state index contributed by atoms with van der Waals surface area (Å²) in [6.45, 7) is 5.36. The Morgan fingerprint density at radius 2 is 2.06 bits per heavy atom. The number of hydrogen-bond donors (Lipinski definition) is 1. The second-order valence-corrected chi connectivity index (χ2v) is 7.76. The van der Waals surface area contributed by atoms with Crippen molar-refractivity contribution in [3.05, 3.63) is 77.6 Å². The van der Waals surface area contributed by atoms with Crippen LogP contribution < -0.4 is 10.1 Å². The van der Waals surface area contributed by atoms with Gasteiger partial charge < -0.3 is 14.6 Å². The molecular formula is C24H28N6O2. The number of carbonyl (C=O) groups excluding carboxylic acids is 1. The highest BCUT2D eigenvalue weighted by Crippen LogP contribution is 2.19. The number of amides is 1. The zero-order chi connectivity index (χ0) is 22.3. The first-order chi connectivity index (χ1) is 15.7. The van der Waals surface area contributed by atoms with E-state index in [-0.39, 0.29) is 11.9 Å². The molecular weight excluding hydrogens is 404 g/mol. The molecule has 0 radical (unpaired) electrons. The first-order valence-electron chi connectivity index (χ1n) is 10.8. The van der Waals surface area contributed by atoms with Crippen molar-refractivity contribution in [2.75, 3.05) is 26.7 Å². The predicted molar refractivity (Wildman–Crippen MR) is 122 cm³/mol. The van der Waals surface area contributed by atoms with Gasteiger partial charge in [0.05, 0.1) is 18.7 Å². The van der Waals surface area contributed by atoms with E-state index in [4.69, 9.17) is 4.74 Å². The number of carbonyl (C=O) groups is 1. The quantitative estimate of drug-likeness (QED) is 0.618. The SMILES string of the molecule is COc1ccccc1/C=C/CN1CCc2nnc([C@@H](C)NC(=O)c3cccnc3)n2CC1. The maximum Gasteiger partial charge on any atom is 0.253 e. The highest BCUT2D eigenvalue weighted by Gasteiger charge is 2.22. The monoisotopic (exact) mass is 432 g/mol. The van der Waals surface area contributed by atoms with Crippen molar-refractivity contribution in [3.63, 3.8) is 0 Å². The molecule has 0 aliphatic carbocycles.